The summed E-state index contributed by atoms with van der Waals surface area (Å²) in [6, 6.07) is 6.34. The molecule has 0 aliphatic carbocycles. The van der Waals surface area contributed by atoms with Gasteiger partial charge in [-0.25, -0.2) is 9.18 Å². The smallest absolute Gasteiger partial charge is 0.329 e. The highest BCUT2D eigenvalue weighted by Gasteiger charge is 2.21. The van der Waals surface area contributed by atoms with Crippen LogP contribution in [-0.2, 0) is 14.3 Å². The van der Waals surface area contributed by atoms with Crippen molar-refractivity contribution in [2.75, 3.05) is 44.3 Å². The Morgan fingerprint density at radius 1 is 1.19 bits per heavy atom. The van der Waals surface area contributed by atoms with E-state index in [1.165, 1.54) is 12.1 Å². The number of aliphatic carboxylic acids is 1. The number of carbonyl (C=O) groups is 2. The van der Waals surface area contributed by atoms with Gasteiger partial charge in [-0.1, -0.05) is 6.07 Å². The number of piperazine rings is 1. The largest absolute Gasteiger partial charge is 0.480 e. The van der Waals surface area contributed by atoms with Gasteiger partial charge >= 0.3 is 5.97 Å². The van der Waals surface area contributed by atoms with Crippen molar-refractivity contribution in [3.05, 3.63) is 30.1 Å². The van der Waals surface area contributed by atoms with Crippen LogP contribution in [0.1, 0.15) is 0 Å². The predicted octanol–water partition coefficient (Wildman–Crippen LogP) is 0.576. The van der Waals surface area contributed by atoms with Crippen molar-refractivity contribution < 1.29 is 23.8 Å². The minimum atomic E-state index is -1.10. The highest BCUT2D eigenvalue weighted by atomic mass is 19.1. The third kappa shape index (κ3) is 4.42. The monoisotopic (exact) mass is 296 g/mol. The van der Waals surface area contributed by atoms with E-state index < -0.39 is 12.6 Å². The molecule has 7 heteroatoms. The van der Waals surface area contributed by atoms with Gasteiger partial charge in [0, 0.05) is 31.9 Å². The van der Waals surface area contributed by atoms with Crippen LogP contribution >= 0.6 is 0 Å². The highest BCUT2D eigenvalue weighted by molar-refractivity contribution is 5.78. The second kappa shape index (κ2) is 7.03. The third-order valence-electron chi connectivity index (χ3n) is 3.26. The van der Waals surface area contributed by atoms with Crippen LogP contribution in [0.3, 0.4) is 0 Å². The second-order valence-corrected chi connectivity index (χ2v) is 4.73. The molecule has 1 fully saturated rings. The van der Waals surface area contributed by atoms with Gasteiger partial charge in [0.05, 0.1) is 0 Å². The van der Waals surface area contributed by atoms with E-state index in [2.05, 4.69) is 0 Å². The standard InChI is InChI=1S/C14H17FN2O4/c15-11-2-1-3-12(8-11)16-4-6-17(7-5-16)13(18)9-21-10-14(19)20/h1-3,8H,4-7,9-10H2,(H,19,20). The van der Waals surface area contributed by atoms with Crippen molar-refractivity contribution in [1.29, 1.82) is 0 Å². The maximum Gasteiger partial charge on any atom is 0.329 e. The van der Waals surface area contributed by atoms with Gasteiger partial charge < -0.3 is 19.6 Å². The number of halogens is 1. The number of ether oxygens (including phenoxy) is 1. The molecule has 6 nitrogen and oxygen atoms in total. The first-order valence-corrected chi connectivity index (χ1v) is 6.64. The maximum atomic E-state index is 13.2. The number of anilines is 1. The first kappa shape index (κ1) is 15.2. The minimum Gasteiger partial charge on any atom is -0.480 e. The Labute approximate surface area is 121 Å². The van der Waals surface area contributed by atoms with Crippen LogP contribution in [-0.4, -0.2) is 61.3 Å². The molecule has 0 aromatic heterocycles. The van der Waals surface area contributed by atoms with Crippen molar-refractivity contribution in [2.45, 2.75) is 0 Å². The molecule has 1 heterocycles. The van der Waals surface area contributed by atoms with E-state index in [0.29, 0.717) is 26.2 Å². The Morgan fingerprint density at radius 3 is 2.52 bits per heavy atom. The maximum absolute atomic E-state index is 13.2. The van der Waals surface area contributed by atoms with E-state index in [4.69, 9.17) is 9.84 Å². The molecule has 2 rings (SSSR count). The van der Waals surface area contributed by atoms with Crippen molar-refractivity contribution in [2.24, 2.45) is 0 Å². The fourth-order valence-electron chi connectivity index (χ4n) is 2.20. The van der Waals surface area contributed by atoms with E-state index in [1.807, 2.05) is 11.0 Å². The van der Waals surface area contributed by atoms with Gasteiger partial charge in [0.15, 0.2) is 0 Å². The number of rotatable bonds is 5. The average molecular weight is 296 g/mol. The molecule has 0 bridgehead atoms. The molecule has 114 valence electrons. The number of benzene rings is 1. The van der Waals surface area contributed by atoms with Gasteiger partial charge in [-0.05, 0) is 18.2 Å². The zero-order chi connectivity index (χ0) is 15.2. The molecular formula is C14H17FN2O4. The van der Waals surface area contributed by atoms with Crippen molar-refractivity contribution >= 4 is 17.6 Å². The Balaban J connectivity index is 1.80. The summed E-state index contributed by atoms with van der Waals surface area (Å²) in [5, 5.41) is 8.43. The van der Waals surface area contributed by atoms with Crippen LogP contribution in [0.25, 0.3) is 0 Å². The third-order valence-corrected chi connectivity index (χ3v) is 3.26. The molecule has 21 heavy (non-hydrogen) atoms. The van der Waals surface area contributed by atoms with Crippen LogP contribution in [0.15, 0.2) is 24.3 Å². The lowest BCUT2D eigenvalue weighted by Crippen LogP contribution is -2.49. The predicted molar refractivity (Wildman–Crippen MR) is 73.6 cm³/mol. The molecule has 0 saturated carbocycles. The van der Waals surface area contributed by atoms with Crippen molar-refractivity contribution in [3.8, 4) is 0 Å². The molecule has 0 spiro atoms. The zero-order valence-corrected chi connectivity index (χ0v) is 11.5. The Kier molecular flexibility index (Phi) is 5.10. The quantitative estimate of drug-likeness (QED) is 0.860. The molecule has 1 aliphatic heterocycles. The lowest BCUT2D eigenvalue weighted by molar-refractivity contribution is -0.145. The lowest BCUT2D eigenvalue weighted by atomic mass is 10.2. The number of amides is 1. The summed E-state index contributed by atoms with van der Waals surface area (Å²) in [5.74, 6) is -1.61. The van der Waals surface area contributed by atoms with Gasteiger partial charge in [0.2, 0.25) is 5.91 Å². The number of hydrogen-bond donors (Lipinski definition) is 1. The van der Waals surface area contributed by atoms with Gasteiger partial charge in [0.25, 0.3) is 0 Å². The number of nitrogens with zero attached hydrogens (tertiary/aromatic N) is 2. The molecule has 1 saturated heterocycles. The zero-order valence-electron chi connectivity index (χ0n) is 11.5. The summed E-state index contributed by atoms with van der Waals surface area (Å²) in [6.07, 6.45) is 0. The first-order chi connectivity index (χ1) is 10.1. The first-order valence-electron chi connectivity index (χ1n) is 6.64. The Bertz CT molecular complexity index is 515. The summed E-state index contributed by atoms with van der Waals surface area (Å²) in [4.78, 5) is 25.7. The van der Waals surface area contributed by atoms with Gasteiger partial charge in [-0.15, -0.1) is 0 Å². The van der Waals surface area contributed by atoms with E-state index in [9.17, 15) is 14.0 Å². The summed E-state index contributed by atoms with van der Waals surface area (Å²) in [7, 11) is 0. The van der Waals surface area contributed by atoms with Gasteiger partial charge in [0.1, 0.15) is 19.0 Å². The summed E-state index contributed by atoms with van der Waals surface area (Å²) in [5.41, 5.74) is 0.796. The van der Waals surface area contributed by atoms with E-state index in [-0.39, 0.29) is 18.3 Å². The number of hydrogen-bond acceptors (Lipinski definition) is 4. The molecule has 0 radical (unpaired) electrons. The summed E-state index contributed by atoms with van der Waals surface area (Å²) in [6.45, 7) is 1.51. The van der Waals surface area contributed by atoms with Crippen LogP contribution in [0, 0.1) is 5.82 Å². The molecule has 1 aromatic rings. The van der Waals surface area contributed by atoms with Gasteiger partial charge in [-0.3, -0.25) is 4.79 Å². The van der Waals surface area contributed by atoms with E-state index >= 15 is 0 Å². The topological polar surface area (TPSA) is 70.1 Å². The normalized spacial score (nSPS) is 15.1. The molecular weight excluding hydrogens is 279 g/mol. The van der Waals surface area contributed by atoms with Crippen LogP contribution in [0.5, 0.6) is 0 Å². The fraction of sp³-hybridized carbons (Fsp3) is 0.429. The fourth-order valence-corrected chi connectivity index (χ4v) is 2.20. The minimum absolute atomic E-state index is 0.227. The molecule has 1 amide bonds. The lowest BCUT2D eigenvalue weighted by Gasteiger charge is -2.36. The molecule has 1 aliphatic rings. The van der Waals surface area contributed by atoms with Crippen LogP contribution in [0.2, 0.25) is 0 Å². The van der Waals surface area contributed by atoms with E-state index in [0.717, 1.165) is 5.69 Å². The Hall–Kier alpha value is -2.15. The van der Waals surface area contributed by atoms with Gasteiger partial charge in [-0.2, -0.15) is 0 Å². The number of carboxylic acid groups (broad SMARTS) is 1. The molecule has 0 atom stereocenters. The molecule has 1 N–H and O–H groups in total. The Morgan fingerprint density at radius 2 is 1.90 bits per heavy atom. The molecule has 1 aromatic carbocycles. The second-order valence-electron chi connectivity index (χ2n) is 4.73. The SMILES string of the molecule is O=C(O)COCC(=O)N1CCN(c2cccc(F)c2)CC1. The summed E-state index contributed by atoms with van der Waals surface area (Å²) < 4.78 is 18.0. The average Bonchev–Trinajstić information content (AvgIpc) is 2.47. The highest BCUT2D eigenvalue weighted by Crippen LogP contribution is 2.17. The van der Waals surface area contributed by atoms with Crippen LogP contribution in [0.4, 0.5) is 10.1 Å². The summed E-state index contributed by atoms with van der Waals surface area (Å²) >= 11 is 0. The van der Waals surface area contributed by atoms with Crippen molar-refractivity contribution in [1.82, 2.24) is 4.90 Å². The number of carbonyl (C=O) groups excluding carboxylic acids is 1. The number of carboxylic acids is 1. The van der Waals surface area contributed by atoms with Crippen LogP contribution < -0.4 is 4.90 Å². The van der Waals surface area contributed by atoms with E-state index in [1.54, 1.807) is 11.0 Å². The van der Waals surface area contributed by atoms with Crippen molar-refractivity contribution in [3.63, 3.8) is 0 Å². The molecule has 0 unspecified atom stereocenters.